The summed E-state index contributed by atoms with van der Waals surface area (Å²) in [5.74, 6) is 0.145. The van der Waals surface area contributed by atoms with E-state index >= 15 is 0 Å². The predicted octanol–water partition coefficient (Wildman–Crippen LogP) is 2.58. The Morgan fingerprint density at radius 3 is 2.63 bits per heavy atom. The fourth-order valence-corrected chi connectivity index (χ4v) is 1.87. The number of hydrogen-bond donors (Lipinski definition) is 0. The fraction of sp³-hybridized carbons (Fsp3) is 0.733. The zero-order valence-corrected chi connectivity index (χ0v) is 12.3. The molecule has 1 unspecified atom stereocenters. The number of carbonyl (C=O) groups is 2. The Balaban J connectivity index is 3.80. The van der Waals surface area contributed by atoms with Crippen molar-refractivity contribution in [2.24, 2.45) is 0 Å². The van der Waals surface area contributed by atoms with Crippen LogP contribution in [0.5, 0.6) is 0 Å². The first-order valence-electron chi connectivity index (χ1n) is 6.97. The maximum absolute atomic E-state index is 11.9. The third-order valence-electron chi connectivity index (χ3n) is 3.20. The summed E-state index contributed by atoms with van der Waals surface area (Å²) in [5.41, 5.74) is 0. The SMILES string of the molecule is C=CCCCCN(C)C(=O)CCC(CCC=O)OC. The Bertz CT molecular complexity index is 266. The van der Waals surface area contributed by atoms with Gasteiger partial charge in [0.05, 0.1) is 6.10 Å². The normalized spacial score (nSPS) is 11.9. The Morgan fingerprint density at radius 1 is 1.32 bits per heavy atom. The third-order valence-corrected chi connectivity index (χ3v) is 3.20. The van der Waals surface area contributed by atoms with Crippen LogP contribution in [0.15, 0.2) is 12.7 Å². The van der Waals surface area contributed by atoms with Gasteiger partial charge in [-0.3, -0.25) is 4.79 Å². The zero-order valence-electron chi connectivity index (χ0n) is 12.3. The van der Waals surface area contributed by atoms with Crippen LogP contribution in [0, 0.1) is 0 Å². The van der Waals surface area contributed by atoms with Gasteiger partial charge in [0.2, 0.25) is 5.91 Å². The van der Waals surface area contributed by atoms with Gasteiger partial charge >= 0.3 is 0 Å². The van der Waals surface area contributed by atoms with Crippen LogP contribution < -0.4 is 0 Å². The van der Waals surface area contributed by atoms with Crippen LogP contribution in [0.4, 0.5) is 0 Å². The molecule has 0 saturated heterocycles. The summed E-state index contributed by atoms with van der Waals surface area (Å²) in [4.78, 5) is 24.0. The average Bonchev–Trinajstić information content (AvgIpc) is 2.43. The van der Waals surface area contributed by atoms with Crippen molar-refractivity contribution in [1.82, 2.24) is 4.90 Å². The Morgan fingerprint density at radius 2 is 2.05 bits per heavy atom. The molecule has 0 N–H and O–H groups in total. The van der Waals surface area contributed by atoms with Crippen LogP contribution in [0.1, 0.15) is 44.9 Å². The van der Waals surface area contributed by atoms with E-state index in [1.807, 2.05) is 13.1 Å². The average molecular weight is 269 g/mol. The van der Waals surface area contributed by atoms with Crippen LogP contribution in [0.25, 0.3) is 0 Å². The van der Waals surface area contributed by atoms with Gasteiger partial charge in [-0.2, -0.15) is 0 Å². The summed E-state index contributed by atoms with van der Waals surface area (Å²) in [5, 5.41) is 0. The highest BCUT2D eigenvalue weighted by molar-refractivity contribution is 5.75. The second kappa shape index (κ2) is 11.9. The number of carbonyl (C=O) groups excluding carboxylic acids is 2. The number of nitrogens with zero attached hydrogens (tertiary/aromatic N) is 1. The Kier molecular flexibility index (Phi) is 11.2. The van der Waals surface area contributed by atoms with Gasteiger partial charge in [-0.1, -0.05) is 6.08 Å². The van der Waals surface area contributed by atoms with Crippen molar-refractivity contribution in [3.05, 3.63) is 12.7 Å². The molecule has 0 bridgehead atoms. The van der Waals surface area contributed by atoms with E-state index in [2.05, 4.69) is 6.58 Å². The highest BCUT2D eigenvalue weighted by Crippen LogP contribution is 2.09. The van der Waals surface area contributed by atoms with E-state index < -0.39 is 0 Å². The minimum atomic E-state index is 0.00307. The molecule has 19 heavy (non-hydrogen) atoms. The molecule has 0 aliphatic rings. The molecule has 4 nitrogen and oxygen atoms in total. The van der Waals surface area contributed by atoms with Crippen molar-refractivity contribution in [1.29, 1.82) is 0 Å². The molecular weight excluding hydrogens is 242 g/mol. The standard InChI is InChI=1S/C15H27NO3/c1-4-5-6-7-12-16(2)15(18)11-10-14(19-3)9-8-13-17/h4,13-14H,1,5-12H2,2-3H3. The molecular formula is C15H27NO3. The number of aldehydes is 1. The van der Waals surface area contributed by atoms with Crippen LogP contribution in [0.2, 0.25) is 0 Å². The van der Waals surface area contributed by atoms with Crippen LogP contribution in [0.3, 0.4) is 0 Å². The van der Waals surface area contributed by atoms with E-state index in [0.717, 1.165) is 32.1 Å². The molecule has 0 aromatic carbocycles. The van der Waals surface area contributed by atoms with Gasteiger partial charge in [0.25, 0.3) is 0 Å². The molecule has 0 heterocycles. The van der Waals surface area contributed by atoms with Crippen molar-refractivity contribution in [3.63, 3.8) is 0 Å². The summed E-state index contributed by atoms with van der Waals surface area (Å²) in [6.45, 7) is 4.47. The number of ether oxygens (including phenoxy) is 1. The molecule has 0 aliphatic heterocycles. The minimum absolute atomic E-state index is 0.00307. The van der Waals surface area contributed by atoms with Gasteiger partial charge in [0.1, 0.15) is 6.29 Å². The third kappa shape index (κ3) is 9.42. The van der Waals surface area contributed by atoms with E-state index in [9.17, 15) is 9.59 Å². The minimum Gasteiger partial charge on any atom is -0.381 e. The molecule has 0 fully saturated rings. The van der Waals surface area contributed by atoms with E-state index in [4.69, 9.17) is 4.74 Å². The number of unbranched alkanes of at least 4 members (excludes halogenated alkanes) is 2. The molecule has 0 spiro atoms. The van der Waals surface area contributed by atoms with Crippen molar-refractivity contribution >= 4 is 12.2 Å². The molecule has 4 heteroatoms. The lowest BCUT2D eigenvalue weighted by atomic mass is 10.1. The summed E-state index contributed by atoms with van der Waals surface area (Å²) in [6.07, 6.45) is 8.21. The summed E-state index contributed by atoms with van der Waals surface area (Å²) < 4.78 is 5.25. The van der Waals surface area contributed by atoms with Crippen molar-refractivity contribution in [2.45, 2.75) is 51.0 Å². The Hall–Kier alpha value is -1.16. The van der Waals surface area contributed by atoms with Crippen LogP contribution in [-0.2, 0) is 14.3 Å². The summed E-state index contributed by atoms with van der Waals surface area (Å²) >= 11 is 0. The van der Waals surface area contributed by atoms with Gasteiger partial charge in [0, 0.05) is 33.5 Å². The lowest BCUT2D eigenvalue weighted by molar-refractivity contribution is -0.130. The van der Waals surface area contributed by atoms with Crippen LogP contribution >= 0.6 is 0 Å². The van der Waals surface area contributed by atoms with Crippen LogP contribution in [-0.4, -0.2) is 43.9 Å². The van der Waals surface area contributed by atoms with Crippen molar-refractivity contribution in [2.75, 3.05) is 20.7 Å². The summed E-state index contributed by atoms with van der Waals surface area (Å²) in [6, 6.07) is 0. The zero-order chi connectivity index (χ0) is 14.5. The van der Waals surface area contributed by atoms with E-state index in [-0.39, 0.29) is 12.0 Å². The van der Waals surface area contributed by atoms with Gasteiger partial charge in [-0.15, -0.1) is 6.58 Å². The second-order valence-corrected chi connectivity index (χ2v) is 4.74. The topological polar surface area (TPSA) is 46.6 Å². The Labute approximate surface area is 116 Å². The van der Waals surface area contributed by atoms with E-state index in [0.29, 0.717) is 25.7 Å². The molecule has 110 valence electrons. The molecule has 1 amide bonds. The first-order chi connectivity index (χ1) is 9.15. The molecule has 0 aliphatic carbocycles. The molecule has 1 atom stereocenters. The largest absolute Gasteiger partial charge is 0.381 e. The number of rotatable bonds is 12. The molecule has 0 radical (unpaired) electrons. The monoisotopic (exact) mass is 269 g/mol. The van der Waals surface area contributed by atoms with Gasteiger partial charge < -0.3 is 14.4 Å². The smallest absolute Gasteiger partial charge is 0.222 e. The maximum atomic E-state index is 11.9. The number of amides is 1. The number of allylic oxidation sites excluding steroid dienone is 1. The fourth-order valence-electron chi connectivity index (χ4n) is 1.87. The van der Waals surface area contributed by atoms with Crippen molar-refractivity contribution in [3.8, 4) is 0 Å². The molecule has 0 aromatic rings. The van der Waals surface area contributed by atoms with E-state index in [1.54, 1.807) is 12.0 Å². The molecule has 0 rings (SSSR count). The second-order valence-electron chi connectivity index (χ2n) is 4.74. The number of methoxy groups -OCH3 is 1. The van der Waals surface area contributed by atoms with Gasteiger partial charge in [-0.25, -0.2) is 0 Å². The first-order valence-corrected chi connectivity index (χ1v) is 6.97. The van der Waals surface area contributed by atoms with Gasteiger partial charge in [-0.05, 0) is 32.1 Å². The van der Waals surface area contributed by atoms with Crippen molar-refractivity contribution < 1.29 is 14.3 Å². The summed E-state index contributed by atoms with van der Waals surface area (Å²) in [7, 11) is 3.46. The highest BCUT2D eigenvalue weighted by Gasteiger charge is 2.13. The number of hydrogen-bond acceptors (Lipinski definition) is 3. The predicted molar refractivity (Wildman–Crippen MR) is 77.0 cm³/mol. The van der Waals surface area contributed by atoms with E-state index in [1.165, 1.54) is 0 Å². The van der Waals surface area contributed by atoms with Gasteiger partial charge in [0.15, 0.2) is 0 Å². The molecule has 0 aromatic heterocycles. The lowest BCUT2D eigenvalue weighted by Gasteiger charge is -2.19. The molecule has 0 saturated carbocycles. The maximum Gasteiger partial charge on any atom is 0.222 e. The lowest BCUT2D eigenvalue weighted by Crippen LogP contribution is -2.28. The first kappa shape index (κ1) is 17.8. The quantitative estimate of drug-likeness (QED) is 0.311. The highest BCUT2D eigenvalue weighted by atomic mass is 16.5.